The van der Waals surface area contributed by atoms with Crippen LogP contribution < -0.4 is 4.74 Å². The van der Waals surface area contributed by atoms with Gasteiger partial charge in [-0.2, -0.15) is 13.2 Å². The lowest BCUT2D eigenvalue weighted by molar-refractivity contribution is -0.217. The highest BCUT2D eigenvalue weighted by Crippen LogP contribution is 2.29. The van der Waals surface area contributed by atoms with Crippen LogP contribution in [0.25, 0.3) is 0 Å². The predicted octanol–water partition coefficient (Wildman–Crippen LogP) is 4.63. The molecular weight excluding hydrogens is 389 g/mol. The number of rotatable bonds is 7. The summed E-state index contributed by atoms with van der Waals surface area (Å²) in [5.41, 5.74) is 0.747. The molecule has 5 nitrogen and oxygen atoms in total. The summed E-state index contributed by atoms with van der Waals surface area (Å²) in [6.07, 6.45) is 0.698. The smallest absolute Gasteiger partial charge is 0.422 e. The van der Waals surface area contributed by atoms with Crippen LogP contribution in [0.2, 0.25) is 0 Å². The molecule has 0 spiro atoms. The molecule has 0 saturated carbocycles. The Hall–Kier alpha value is -1.61. The van der Waals surface area contributed by atoms with E-state index in [0.29, 0.717) is 32.3 Å². The third-order valence-corrected chi connectivity index (χ3v) is 4.79. The molecule has 2 saturated heterocycles. The molecule has 0 atom stereocenters. The number of hydrogen-bond donors (Lipinski definition) is 0. The molecule has 2 aliphatic rings. The molecule has 3 rings (SSSR count). The standard InChI is InChI=1S/C21H27F3O5/c1-2-3-15-10-25-19(26-11-15)9-4-16-12-27-20(28-13-16)17-5-7-18(8-6-17)29-14-21(22,23)24/h2-3,5-8,15-16,19-20H,4,9-14H2,1H3/b3-2+. The van der Waals surface area contributed by atoms with E-state index in [0.717, 1.165) is 18.4 Å². The van der Waals surface area contributed by atoms with Gasteiger partial charge in [-0.25, -0.2) is 0 Å². The van der Waals surface area contributed by atoms with E-state index in [1.807, 2.05) is 13.0 Å². The fourth-order valence-corrected chi connectivity index (χ4v) is 3.27. The first-order valence-electron chi connectivity index (χ1n) is 9.81. The highest BCUT2D eigenvalue weighted by molar-refractivity contribution is 5.28. The average Bonchev–Trinajstić information content (AvgIpc) is 2.72. The fourth-order valence-electron chi connectivity index (χ4n) is 3.27. The fraction of sp³-hybridized carbons (Fsp3) is 0.619. The van der Waals surface area contributed by atoms with E-state index in [4.69, 9.17) is 23.7 Å². The molecule has 0 N–H and O–H groups in total. The Morgan fingerprint density at radius 2 is 1.62 bits per heavy atom. The van der Waals surface area contributed by atoms with Crippen LogP contribution in [0.5, 0.6) is 5.75 Å². The summed E-state index contributed by atoms with van der Waals surface area (Å²) in [5, 5.41) is 0. The number of halogens is 3. The van der Waals surface area contributed by atoms with Gasteiger partial charge in [0.15, 0.2) is 19.2 Å². The lowest BCUT2D eigenvalue weighted by Gasteiger charge is -2.32. The van der Waals surface area contributed by atoms with Gasteiger partial charge in [0.25, 0.3) is 0 Å². The Kier molecular flexibility index (Phi) is 7.94. The molecule has 0 radical (unpaired) electrons. The minimum atomic E-state index is -4.36. The number of ether oxygens (including phenoxy) is 5. The van der Waals surface area contributed by atoms with Crippen molar-refractivity contribution in [2.24, 2.45) is 11.8 Å². The summed E-state index contributed by atoms with van der Waals surface area (Å²) in [7, 11) is 0. The van der Waals surface area contributed by atoms with Crippen molar-refractivity contribution < 1.29 is 36.9 Å². The Labute approximate surface area is 168 Å². The van der Waals surface area contributed by atoms with Gasteiger partial charge >= 0.3 is 6.18 Å². The maximum Gasteiger partial charge on any atom is 0.422 e. The summed E-state index contributed by atoms with van der Waals surface area (Å²) in [4.78, 5) is 0. The highest BCUT2D eigenvalue weighted by atomic mass is 19.4. The molecule has 162 valence electrons. The first-order valence-corrected chi connectivity index (χ1v) is 9.81. The molecule has 0 bridgehead atoms. The Balaban J connectivity index is 1.36. The van der Waals surface area contributed by atoms with Gasteiger partial charge in [-0.1, -0.05) is 24.3 Å². The normalized spacial score (nSPS) is 28.6. The number of alkyl halides is 3. The molecule has 8 heteroatoms. The van der Waals surface area contributed by atoms with Crippen molar-refractivity contribution in [2.45, 2.75) is 38.5 Å². The molecule has 1 aromatic carbocycles. The second-order valence-electron chi connectivity index (χ2n) is 7.30. The van der Waals surface area contributed by atoms with Crippen molar-refractivity contribution in [1.29, 1.82) is 0 Å². The molecule has 2 fully saturated rings. The maximum absolute atomic E-state index is 12.2. The Morgan fingerprint density at radius 1 is 0.966 bits per heavy atom. The van der Waals surface area contributed by atoms with Crippen molar-refractivity contribution in [3.8, 4) is 5.75 Å². The van der Waals surface area contributed by atoms with Crippen molar-refractivity contribution in [2.75, 3.05) is 33.0 Å². The number of benzene rings is 1. The third-order valence-electron chi connectivity index (χ3n) is 4.79. The summed E-state index contributed by atoms with van der Waals surface area (Å²) in [6.45, 7) is 3.12. The van der Waals surface area contributed by atoms with Crippen LogP contribution in [-0.4, -0.2) is 45.5 Å². The largest absolute Gasteiger partial charge is 0.484 e. The van der Waals surface area contributed by atoms with Gasteiger partial charge in [-0.3, -0.25) is 0 Å². The first-order chi connectivity index (χ1) is 13.9. The number of allylic oxidation sites excluding steroid dienone is 1. The van der Waals surface area contributed by atoms with Crippen molar-refractivity contribution in [3.05, 3.63) is 42.0 Å². The summed E-state index contributed by atoms with van der Waals surface area (Å²) in [5.74, 6) is 0.730. The molecule has 2 aliphatic heterocycles. The SMILES string of the molecule is C/C=C/C1COC(CCC2COC(c3ccc(OCC(F)(F)F)cc3)OC2)OC1. The summed E-state index contributed by atoms with van der Waals surface area (Å²) >= 11 is 0. The Bertz CT molecular complexity index is 631. The van der Waals surface area contributed by atoms with Gasteiger partial charge in [0.05, 0.1) is 26.4 Å². The lowest BCUT2D eigenvalue weighted by atomic mass is 10.0. The predicted molar refractivity (Wildman–Crippen MR) is 99.4 cm³/mol. The van der Waals surface area contributed by atoms with E-state index < -0.39 is 19.1 Å². The van der Waals surface area contributed by atoms with E-state index in [2.05, 4.69) is 6.08 Å². The molecule has 0 amide bonds. The van der Waals surface area contributed by atoms with Crippen LogP contribution in [0, 0.1) is 11.8 Å². The lowest BCUT2D eigenvalue weighted by Crippen LogP contribution is -2.33. The van der Waals surface area contributed by atoms with Crippen LogP contribution in [0.1, 0.15) is 31.6 Å². The summed E-state index contributed by atoms with van der Waals surface area (Å²) in [6, 6.07) is 6.28. The highest BCUT2D eigenvalue weighted by Gasteiger charge is 2.29. The van der Waals surface area contributed by atoms with Gasteiger partial charge in [0.2, 0.25) is 0 Å². The van der Waals surface area contributed by atoms with Gasteiger partial charge < -0.3 is 23.7 Å². The first kappa shape index (κ1) is 22.1. The van der Waals surface area contributed by atoms with Crippen molar-refractivity contribution >= 4 is 0 Å². The minimum Gasteiger partial charge on any atom is -0.484 e. The second kappa shape index (κ2) is 10.4. The van der Waals surface area contributed by atoms with Gasteiger partial charge in [-0.15, -0.1) is 0 Å². The molecule has 1 aromatic rings. The van der Waals surface area contributed by atoms with Crippen LogP contribution in [0.4, 0.5) is 13.2 Å². The van der Waals surface area contributed by atoms with Gasteiger partial charge in [0, 0.05) is 17.4 Å². The van der Waals surface area contributed by atoms with E-state index >= 15 is 0 Å². The zero-order valence-electron chi connectivity index (χ0n) is 16.4. The van der Waals surface area contributed by atoms with Crippen LogP contribution >= 0.6 is 0 Å². The van der Waals surface area contributed by atoms with E-state index in [9.17, 15) is 13.2 Å². The molecule has 0 aliphatic carbocycles. The zero-order valence-corrected chi connectivity index (χ0v) is 16.4. The third kappa shape index (κ3) is 7.29. The van der Waals surface area contributed by atoms with Crippen LogP contribution in [0.3, 0.4) is 0 Å². The van der Waals surface area contributed by atoms with Crippen LogP contribution in [-0.2, 0) is 18.9 Å². The number of hydrogen-bond acceptors (Lipinski definition) is 5. The van der Waals surface area contributed by atoms with E-state index in [1.165, 1.54) is 12.1 Å². The quantitative estimate of drug-likeness (QED) is 0.607. The zero-order chi connectivity index (χ0) is 20.7. The van der Waals surface area contributed by atoms with Crippen LogP contribution in [0.15, 0.2) is 36.4 Å². The molecule has 0 unspecified atom stereocenters. The molecule has 29 heavy (non-hydrogen) atoms. The summed E-state index contributed by atoms with van der Waals surface area (Å²) < 4.78 is 64.3. The minimum absolute atomic E-state index is 0.156. The monoisotopic (exact) mass is 416 g/mol. The molecule has 2 heterocycles. The van der Waals surface area contributed by atoms with Crippen molar-refractivity contribution in [3.63, 3.8) is 0 Å². The average molecular weight is 416 g/mol. The molecule has 0 aromatic heterocycles. The maximum atomic E-state index is 12.2. The topological polar surface area (TPSA) is 46.2 Å². The van der Waals surface area contributed by atoms with Gasteiger partial charge in [-0.05, 0) is 31.9 Å². The molecular formula is C21H27F3O5. The second-order valence-corrected chi connectivity index (χ2v) is 7.30. The van der Waals surface area contributed by atoms with E-state index in [-0.39, 0.29) is 18.0 Å². The van der Waals surface area contributed by atoms with Crippen molar-refractivity contribution in [1.82, 2.24) is 0 Å². The Morgan fingerprint density at radius 3 is 2.21 bits per heavy atom. The van der Waals surface area contributed by atoms with Gasteiger partial charge in [0.1, 0.15) is 5.75 Å². The van der Waals surface area contributed by atoms with E-state index in [1.54, 1.807) is 12.1 Å².